The third-order valence-corrected chi connectivity index (χ3v) is 5.08. The van der Waals surface area contributed by atoms with E-state index >= 15 is 0 Å². The first kappa shape index (κ1) is 19.1. The molecule has 0 fully saturated rings. The van der Waals surface area contributed by atoms with Crippen molar-refractivity contribution in [3.8, 4) is 5.75 Å². The van der Waals surface area contributed by atoms with Crippen LogP contribution < -0.4 is 4.72 Å². The van der Waals surface area contributed by atoms with Gasteiger partial charge in [0, 0.05) is 12.4 Å². The van der Waals surface area contributed by atoms with Gasteiger partial charge in [0.15, 0.2) is 5.82 Å². The molecule has 0 aliphatic rings. The second kappa shape index (κ2) is 7.89. The van der Waals surface area contributed by atoms with Crippen LogP contribution in [0.15, 0.2) is 66.0 Å². The van der Waals surface area contributed by atoms with Gasteiger partial charge < -0.3 is 10.2 Å². The Labute approximate surface area is 160 Å². The van der Waals surface area contributed by atoms with Crippen LogP contribution in [-0.2, 0) is 10.0 Å². The Morgan fingerprint density at radius 3 is 2.32 bits per heavy atom. The van der Waals surface area contributed by atoms with Crippen LogP contribution in [0, 0.1) is 0 Å². The van der Waals surface area contributed by atoms with E-state index in [4.69, 9.17) is 5.11 Å². The molecule has 1 aromatic heterocycles. The smallest absolute Gasteiger partial charge is 0.339 e. The average molecular weight is 397 g/mol. The number of carbonyl (C=O) groups is 1. The van der Waals surface area contributed by atoms with E-state index in [1.54, 1.807) is 30.4 Å². The molecule has 0 bridgehead atoms. The maximum Gasteiger partial charge on any atom is 0.339 e. The van der Waals surface area contributed by atoms with E-state index in [-0.39, 0.29) is 22.0 Å². The number of sulfonamides is 1. The average Bonchev–Trinajstić information content (AvgIpc) is 2.68. The maximum atomic E-state index is 12.3. The number of aromatic hydroxyl groups is 1. The van der Waals surface area contributed by atoms with Gasteiger partial charge >= 0.3 is 5.97 Å². The second-order valence-electron chi connectivity index (χ2n) is 5.68. The molecule has 28 heavy (non-hydrogen) atoms. The molecular weight excluding hydrogens is 382 g/mol. The van der Waals surface area contributed by atoms with Gasteiger partial charge in [-0.15, -0.1) is 0 Å². The Balaban J connectivity index is 1.77. The number of hydrogen-bond acceptors (Lipinski definition) is 6. The lowest BCUT2D eigenvalue weighted by Gasteiger charge is -2.07. The summed E-state index contributed by atoms with van der Waals surface area (Å²) in [6.07, 6.45) is 7.48. The van der Waals surface area contributed by atoms with Gasteiger partial charge in [-0.2, -0.15) is 0 Å². The third kappa shape index (κ3) is 4.51. The fourth-order valence-corrected chi connectivity index (χ4v) is 3.32. The zero-order chi connectivity index (χ0) is 20.1. The number of carboxylic acid groups (broad SMARTS) is 1. The first-order chi connectivity index (χ1) is 13.3. The van der Waals surface area contributed by atoms with Gasteiger partial charge in [0.05, 0.1) is 11.1 Å². The van der Waals surface area contributed by atoms with Gasteiger partial charge in [0.25, 0.3) is 10.0 Å². The Morgan fingerprint density at radius 2 is 1.68 bits per heavy atom. The molecule has 3 N–H and O–H groups in total. The van der Waals surface area contributed by atoms with E-state index in [0.29, 0.717) is 11.1 Å². The van der Waals surface area contributed by atoms with Crippen LogP contribution in [0.1, 0.15) is 21.5 Å². The van der Waals surface area contributed by atoms with Crippen LogP contribution in [0.25, 0.3) is 12.2 Å². The van der Waals surface area contributed by atoms with Crippen molar-refractivity contribution in [2.45, 2.75) is 4.90 Å². The third-order valence-electron chi connectivity index (χ3n) is 3.71. The number of phenols is 1. The summed E-state index contributed by atoms with van der Waals surface area (Å²) in [5, 5.41) is 18.6. The van der Waals surface area contributed by atoms with Crippen molar-refractivity contribution in [3.63, 3.8) is 0 Å². The van der Waals surface area contributed by atoms with Crippen LogP contribution in [0.4, 0.5) is 5.82 Å². The number of nitrogens with zero attached hydrogens (tertiary/aromatic N) is 2. The Bertz CT molecular complexity index is 1130. The van der Waals surface area contributed by atoms with Crippen molar-refractivity contribution >= 4 is 34.0 Å². The molecule has 0 unspecified atom stereocenters. The molecular formula is C19H15N3O5S. The molecule has 3 aromatic rings. The molecule has 3 rings (SSSR count). The number of aromatic nitrogens is 2. The van der Waals surface area contributed by atoms with Gasteiger partial charge in [-0.1, -0.05) is 30.4 Å². The topological polar surface area (TPSA) is 129 Å². The van der Waals surface area contributed by atoms with Gasteiger partial charge in [-0.25, -0.2) is 18.2 Å². The summed E-state index contributed by atoms with van der Waals surface area (Å²) < 4.78 is 27.0. The highest BCUT2D eigenvalue weighted by atomic mass is 32.2. The molecule has 142 valence electrons. The molecule has 8 nitrogen and oxygen atoms in total. The molecule has 0 atom stereocenters. The van der Waals surface area contributed by atoms with Gasteiger partial charge in [-0.05, 0) is 35.4 Å². The molecule has 0 radical (unpaired) electrons. The molecule has 0 amide bonds. The number of benzene rings is 2. The van der Waals surface area contributed by atoms with Crippen molar-refractivity contribution in [2.75, 3.05) is 4.72 Å². The first-order valence-corrected chi connectivity index (χ1v) is 9.47. The Kier molecular flexibility index (Phi) is 5.37. The quantitative estimate of drug-likeness (QED) is 0.545. The van der Waals surface area contributed by atoms with Gasteiger partial charge in [0.1, 0.15) is 11.3 Å². The summed E-state index contributed by atoms with van der Waals surface area (Å²) in [6.45, 7) is 0. The number of rotatable bonds is 6. The molecule has 0 saturated carbocycles. The van der Waals surface area contributed by atoms with Crippen LogP contribution in [-0.4, -0.2) is 34.6 Å². The van der Waals surface area contributed by atoms with E-state index in [0.717, 1.165) is 0 Å². The standard InChI is InChI=1S/C19H15N3O5S/c23-17-8-5-14(11-16(17)19(24)25)2-1-13-3-6-15(7-4-13)28(26,27)22-18-12-20-9-10-21-18/h1-12,23H,(H,21,22)(H,24,25). The van der Waals surface area contributed by atoms with E-state index in [2.05, 4.69) is 14.7 Å². The lowest BCUT2D eigenvalue weighted by molar-refractivity contribution is 0.0693. The van der Waals surface area contributed by atoms with E-state index in [1.165, 1.54) is 42.9 Å². The molecule has 9 heteroatoms. The van der Waals surface area contributed by atoms with E-state index < -0.39 is 16.0 Å². The van der Waals surface area contributed by atoms with Crippen molar-refractivity contribution < 1.29 is 23.4 Å². The largest absolute Gasteiger partial charge is 0.507 e. The Hall–Kier alpha value is -3.72. The second-order valence-corrected chi connectivity index (χ2v) is 7.36. The molecule has 1 heterocycles. The zero-order valence-corrected chi connectivity index (χ0v) is 15.2. The number of nitrogens with one attached hydrogen (secondary N) is 1. The maximum absolute atomic E-state index is 12.3. The van der Waals surface area contributed by atoms with E-state index in [9.17, 15) is 18.3 Å². The number of carboxylic acids is 1. The highest BCUT2D eigenvalue weighted by molar-refractivity contribution is 7.92. The number of hydrogen-bond donors (Lipinski definition) is 3. The van der Waals surface area contributed by atoms with Crippen molar-refractivity contribution in [1.82, 2.24) is 9.97 Å². The number of aromatic carboxylic acids is 1. The monoisotopic (exact) mass is 397 g/mol. The van der Waals surface area contributed by atoms with Gasteiger partial charge in [0.2, 0.25) is 0 Å². The van der Waals surface area contributed by atoms with Crippen LogP contribution in [0.3, 0.4) is 0 Å². The summed E-state index contributed by atoms with van der Waals surface area (Å²) in [7, 11) is -3.79. The molecule has 0 aliphatic carbocycles. The lowest BCUT2D eigenvalue weighted by Crippen LogP contribution is -2.13. The minimum absolute atomic E-state index is 0.0631. The van der Waals surface area contributed by atoms with Crippen LogP contribution >= 0.6 is 0 Å². The predicted molar refractivity (Wildman–Crippen MR) is 103 cm³/mol. The molecule has 2 aromatic carbocycles. The summed E-state index contributed by atoms with van der Waals surface area (Å²) in [5.74, 6) is -1.42. The van der Waals surface area contributed by atoms with Crippen LogP contribution in [0.5, 0.6) is 5.75 Å². The minimum Gasteiger partial charge on any atom is -0.507 e. The predicted octanol–water partition coefficient (Wildman–Crippen LogP) is 2.85. The Morgan fingerprint density at radius 1 is 1.00 bits per heavy atom. The summed E-state index contributed by atoms with van der Waals surface area (Å²) in [5.41, 5.74) is 1.10. The highest BCUT2D eigenvalue weighted by Crippen LogP contribution is 2.20. The fourth-order valence-electron chi connectivity index (χ4n) is 2.33. The summed E-state index contributed by atoms with van der Waals surface area (Å²) >= 11 is 0. The minimum atomic E-state index is -3.79. The van der Waals surface area contributed by atoms with E-state index in [1.807, 2.05) is 0 Å². The number of anilines is 1. The molecule has 0 aliphatic heterocycles. The fraction of sp³-hybridized carbons (Fsp3) is 0. The van der Waals surface area contributed by atoms with Crippen molar-refractivity contribution in [3.05, 3.63) is 77.7 Å². The SMILES string of the molecule is O=C(O)c1cc(C=Cc2ccc(S(=O)(=O)Nc3cnccn3)cc2)ccc1O. The zero-order valence-electron chi connectivity index (χ0n) is 14.4. The lowest BCUT2D eigenvalue weighted by atomic mass is 10.1. The summed E-state index contributed by atoms with van der Waals surface area (Å²) in [6, 6.07) is 10.3. The highest BCUT2D eigenvalue weighted by Gasteiger charge is 2.14. The summed E-state index contributed by atoms with van der Waals surface area (Å²) in [4.78, 5) is 18.8. The van der Waals surface area contributed by atoms with Crippen molar-refractivity contribution in [2.24, 2.45) is 0 Å². The molecule has 0 saturated heterocycles. The van der Waals surface area contributed by atoms with Crippen LogP contribution in [0.2, 0.25) is 0 Å². The first-order valence-electron chi connectivity index (χ1n) is 7.98. The van der Waals surface area contributed by atoms with Crippen molar-refractivity contribution in [1.29, 1.82) is 0 Å². The van der Waals surface area contributed by atoms with Gasteiger partial charge in [-0.3, -0.25) is 9.71 Å². The normalized spacial score (nSPS) is 11.4. The molecule has 0 spiro atoms.